The van der Waals surface area contributed by atoms with Crippen LogP contribution in [0, 0.1) is 20.8 Å². The number of halogens is 1. The Balaban J connectivity index is 1.62. The minimum absolute atomic E-state index is 0.167. The minimum Gasteiger partial charge on any atom is -0.491 e. The van der Waals surface area contributed by atoms with E-state index in [-0.39, 0.29) is 6.61 Å². The number of hydrogen-bond donors (Lipinski definition) is 2. The lowest BCUT2D eigenvalue weighted by Gasteiger charge is -2.16. The first kappa shape index (κ1) is 17.4. The monoisotopic (exact) mass is 361 g/mol. The maximum atomic E-state index is 10.2. The van der Waals surface area contributed by atoms with Gasteiger partial charge < -0.3 is 15.2 Å². The van der Waals surface area contributed by atoms with Crippen LogP contribution < -0.4 is 10.1 Å². The van der Waals surface area contributed by atoms with Crippen molar-refractivity contribution in [2.45, 2.75) is 26.9 Å². The van der Waals surface area contributed by atoms with Gasteiger partial charge >= 0.3 is 0 Å². The number of hydrogen-bond acceptors (Lipinski definition) is 6. The number of rotatable bonds is 6. The van der Waals surface area contributed by atoms with Crippen LogP contribution >= 0.6 is 11.6 Å². The van der Waals surface area contributed by atoms with E-state index in [0.29, 0.717) is 23.0 Å². The Morgan fingerprint density at radius 1 is 1.32 bits per heavy atom. The average Bonchev–Trinajstić information content (AvgIpc) is 3.04. The predicted molar refractivity (Wildman–Crippen MR) is 96.4 cm³/mol. The highest BCUT2D eigenvalue weighted by Gasteiger charge is 2.13. The maximum Gasteiger partial charge on any atom is 0.200 e. The highest BCUT2D eigenvalue weighted by Crippen LogP contribution is 2.22. The molecule has 0 aliphatic carbocycles. The molecule has 0 amide bonds. The third-order valence-electron chi connectivity index (χ3n) is 4.02. The molecule has 0 radical (unpaired) electrons. The van der Waals surface area contributed by atoms with E-state index < -0.39 is 6.10 Å². The summed E-state index contributed by atoms with van der Waals surface area (Å²) in [6.07, 6.45) is 0.863. The number of nitrogens with zero attached hydrogens (tertiary/aromatic N) is 4. The molecule has 2 heterocycles. The van der Waals surface area contributed by atoms with Crippen LogP contribution in [-0.2, 0) is 0 Å². The van der Waals surface area contributed by atoms with Crippen molar-refractivity contribution in [3.63, 3.8) is 0 Å². The van der Waals surface area contributed by atoms with Crippen molar-refractivity contribution in [1.82, 2.24) is 19.8 Å². The van der Waals surface area contributed by atoms with Crippen LogP contribution in [0.2, 0.25) is 5.02 Å². The molecule has 132 valence electrons. The first-order chi connectivity index (χ1) is 12.0. The average molecular weight is 362 g/mol. The summed E-state index contributed by atoms with van der Waals surface area (Å²) in [5.41, 5.74) is 4.22. The Kier molecular flexibility index (Phi) is 5.06. The lowest BCUT2D eigenvalue weighted by molar-refractivity contribution is 0.117. The zero-order chi connectivity index (χ0) is 18.0. The van der Waals surface area contributed by atoms with E-state index in [0.717, 1.165) is 22.5 Å². The molecule has 8 heteroatoms. The van der Waals surface area contributed by atoms with Gasteiger partial charge in [0.25, 0.3) is 0 Å². The van der Waals surface area contributed by atoms with E-state index in [1.54, 1.807) is 23.0 Å². The normalized spacial score (nSPS) is 12.4. The first-order valence-electron chi connectivity index (χ1n) is 7.94. The second-order valence-electron chi connectivity index (χ2n) is 5.94. The standard InChI is InChI=1S/C17H20ClN5O2/c1-10-6-14(4-5-15(10)18)25-8-13(24)7-19-16-11(2)12(3)22-23-9-20-21-17(16)23/h4-6,9,13,19,24H,7-8H2,1-3H3. The number of aromatic nitrogens is 4. The molecule has 25 heavy (non-hydrogen) atoms. The first-order valence-corrected chi connectivity index (χ1v) is 8.31. The van der Waals surface area contributed by atoms with Gasteiger partial charge in [-0.25, -0.2) is 0 Å². The summed E-state index contributed by atoms with van der Waals surface area (Å²) in [6, 6.07) is 5.41. The van der Waals surface area contributed by atoms with Crippen molar-refractivity contribution in [3.8, 4) is 5.75 Å². The van der Waals surface area contributed by atoms with Gasteiger partial charge in [-0.05, 0) is 50.1 Å². The fourth-order valence-electron chi connectivity index (χ4n) is 2.44. The van der Waals surface area contributed by atoms with E-state index in [4.69, 9.17) is 16.3 Å². The summed E-state index contributed by atoms with van der Waals surface area (Å²) in [7, 11) is 0. The molecule has 0 saturated carbocycles. The molecule has 2 N–H and O–H groups in total. The molecule has 1 unspecified atom stereocenters. The lowest BCUT2D eigenvalue weighted by atomic mass is 10.2. The zero-order valence-electron chi connectivity index (χ0n) is 14.3. The number of anilines is 1. The molecule has 3 aromatic rings. The van der Waals surface area contributed by atoms with E-state index in [2.05, 4.69) is 20.6 Å². The van der Waals surface area contributed by atoms with Crippen molar-refractivity contribution >= 4 is 22.9 Å². The van der Waals surface area contributed by atoms with Gasteiger partial charge in [0.2, 0.25) is 5.65 Å². The van der Waals surface area contributed by atoms with Crippen molar-refractivity contribution in [2.75, 3.05) is 18.5 Å². The Morgan fingerprint density at radius 3 is 2.88 bits per heavy atom. The van der Waals surface area contributed by atoms with Crippen molar-refractivity contribution in [2.24, 2.45) is 0 Å². The number of nitrogens with one attached hydrogen (secondary N) is 1. The Morgan fingerprint density at radius 2 is 2.12 bits per heavy atom. The molecule has 0 aliphatic rings. The molecule has 7 nitrogen and oxygen atoms in total. The van der Waals surface area contributed by atoms with Gasteiger partial charge in [0.1, 0.15) is 24.8 Å². The SMILES string of the molecule is Cc1cc(OCC(O)CNc2c(C)c(C)nn3cnnc23)ccc1Cl. The molecule has 1 atom stereocenters. The van der Waals surface area contributed by atoms with Crippen molar-refractivity contribution in [1.29, 1.82) is 0 Å². The number of fused-ring (bicyclic) bond motifs is 1. The van der Waals surface area contributed by atoms with Crippen molar-refractivity contribution < 1.29 is 9.84 Å². The molecule has 0 fully saturated rings. The van der Waals surface area contributed by atoms with E-state index in [1.807, 2.05) is 26.8 Å². The van der Waals surface area contributed by atoms with Crippen LogP contribution in [0.1, 0.15) is 16.8 Å². The molecule has 2 aromatic heterocycles. The summed E-state index contributed by atoms with van der Waals surface area (Å²) in [5.74, 6) is 0.678. The van der Waals surface area contributed by atoms with Crippen LogP contribution in [0.5, 0.6) is 5.75 Å². The van der Waals surface area contributed by atoms with Gasteiger partial charge in [0.15, 0.2) is 0 Å². The van der Waals surface area contributed by atoms with Crippen LogP contribution in [0.3, 0.4) is 0 Å². The molecule has 0 saturated heterocycles. The van der Waals surface area contributed by atoms with E-state index in [1.165, 1.54) is 0 Å². The lowest BCUT2D eigenvalue weighted by Crippen LogP contribution is -2.27. The number of aliphatic hydroxyl groups excluding tert-OH is 1. The van der Waals surface area contributed by atoms with Gasteiger partial charge in [-0.15, -0.1) is 10.2 Å². The molecular formula is C17H20ClN5O2. The van der Waals surface area contributed by atoms with Gasteiger partial charge in [-0.3, -0.25) is 0 Å². The molecule has 3 rings (SSSR count). The molecule has 0 bridgehead atoms. The van der Waals surface area contributed by atoms with Gasteiger partial charge in [-0.2, -0.15) is 9.61 Å². The predicted octanol–water partition coefficient (Wildman–Crippen LogP) is 2.55. The Bertz CT molecular complexity index is 896. The quantitative estimate of drug-likeness (QED) is 0.702. The number of aryl methyl sites for hydroxylation is 2. The summed E-state index contributed by atoms with van der Waals surface area (Å²) >= 11 is 5.99. The molecule has 0 spiro atoms. The highest BCUT2D eigenvalue weighted by molar-refractivity contribution is 6.31. The van der Waals surface area contributed by atoms with E-state index in [9.17, 15) is 5.11 Å². The van der Waals surface area contributed by atoms with Crippen LogP contribution in [0.15, 0.2) is 24.5 Å². The molecular weight excluding hydrogens is 342 g/mol. The molecule has 0 aliphatic heterocycles. The topological polar surface area (TPSA) is 84.6 Å². The highest BCUT2D eigenvalue weighted by atomic mass is 35.5. The third-order valence-corrected chi connectivity index (χ3v) is 4.44. The fraction of sp³-hybridized carbons (Fsp3) is 0.353. The van der Waals surface area contributed by atoms with Crippen LogP contribution in [0.25, 0.3) is 5.65 Å². The summed E-state index contributed by atoms with van der Waals surface area (Å²) in [5, 5.41) is 26.4. The van der Waals surface area contributed by atoms with Gasteiger partial charge in [0.05, 0.1) is 11.4 Å². The number of aliphatic hydroxyl groups is 1. The fourth-order valence-corrected chi connectivity index (χ4v) is 2.56. The van der Waals surface area contributed by atoms with E-state index >= 15 is 0 Å². The number of benzene rings is 1. The Hall–Kier alpha value is -2.38. The van der Waals surface area contributed by atoms with Gasteiger partial charge in [-0.1, -0.05) is 11.6 Å². The summed E-state index contributed by atoms with van der Waals surface area (Å²) < 4.78 is 7.24. The summed E-state index contributed by atoms with van der Waals surface area (Å²) in [4.78, 5) is 0. The molecule has 1 aromatic carbocycles. The second kappa shape index (κ2) is 7.25. The maximum absolute atomic E-state index is 10.2. The van der Waals surface area contributed by atoms with Crippen LogP contribution in [-0.4, -0.2) is 44.2 Å². The smallest absolute Gasteiger partial charge is 0.200 e. The Labute approximate surface area is 150 Å². The third kappa shape index (κ3) is 3.83. The largest absolute Gasteiger partial charge is 0.491 e. The minimum atomic E-state index is -0.688. The number of ether oxygens (including phenoxy) is 1. The van der Waals surface area contributed by atoms with Crippen LogP contribution in [0.4, 0.5) is 5.69 Å². The summed E-state index contributed by atoms with van der Waals surface area (Å²) in [6.45, 7) is 6.27. The second-order valence-corrected chi connectivity index (χ2v) is 6.35. The van der Waals surface area contributed by atoms with Gasteiger partial charge in [0, 0.05) is 11.6 Å². The zero-order valence-corrected chi connectivity index (χ0v) is 15.1. The van der Waals surface area contributed by atoms with Crippen molar-refractivity contribution in [3.05, 3.63) is 46.4 Å².